The van der Waals surface area contributed by atoms with Crippen LogP contribution >= 0.6 is 11.9 Å². The SMILES string of the molecule is CNC1CCC(NN(O)SC)CC1. The summed E-state index contributed by atoms with van der Waals surface area (Å²) in [7, 11) is 2.01. The number of hydrogen-bond acceptors (Lipinski definition) is 5. The lowest BCUT2D eigenvalue weighted by atomic mass is 9.92. The Morgan fingerprint density at radius 2 is 1.77 bits per heavy atom. The molecule has 0 unspecified atom stereocenters. The van der Waals surface area contributed by atoms with Gasteiger partial charge >= 0.3 is 0 Å². The lowest BCUT2D eigenvalue weighted by molar-refractivity contribution is -0.0484. The first-order valence-electron chi connectivity index (χ1n) is 4.72. The highest BCUT2D eigenvalue weighted by molar-refractivity contribution is 7.96. The standard InChI is InChI=1S/C8H19N3OS/c1-9-7-3-5-8(6-4-7)10-11(12)13-2/h7-10,12H,3-6H2,1-2H3. The number of nitrogens with one attached hydrogen (secondary N) is 2. The summed E-state index contributed by atoms with van der Waals surface area (Å²) in [6.07, 6.45) is 6.48. The molecule has 78 valence electrons. The van der Waals surface area contributed by atoms with Crippen molar-refractivity contribution in [1.29, 1.82) is 0 Å². The Hall–Kier alpha value is 0.190. The highest BCUT2D eigenvalue weighted by Crippen LogP contribution is 2.18. The molecule has 3 N–H and O–H groups in total. The summed E-state index contributed by atoms with van der Waals surface area (Å²) < 4.78 is 1.10. The third kappa shape index (κ3) is 3.83. The second kappa shape index (κ2) is 5.82. The van der Waals surface area contributed by atoms with Gasteiger partial charge in [0, 0.05) is 18.3 Å². The summed E-state index contributed by atoms with van der Waals surface area (Å²) in [4.78, 5) is 0. The van der Waals surface area contributed by atoms with E-state index in [1.807, 2.05) is 13.3 Å². The molecule has 0 radical (unpaired) electrons. The molecule has 0 bridgehead atoms. The predicted molar refractivity (Wildman–Crippen MR) is 55.4 cm³/mol. The van der Waals surface area contributed by atoms with Crippen molar-refractivity contribution < 1.29 is 5.21 Å². The summed E-state index contributed by atoms with van der Waals surface area (Å²) in [5.74, 6) is 0. The van der Waals surface area contributed by atoms with E-state index in [9.17, 15) is 5.21 Å². The van der Waals surface area contributed by atoms with E-state index in [1.54, 1.807) is 0 Å². The van der Waals surface area contributed by atoms with Crippen molar-refractivity contribution in [2.45, 2.75) is 37.8 Å². The number of hydrogen-bond donors (Lipinski definition) is 3. The molecule has 0 saturated heterocycles. The zero-order valence-electron chi connectivity index (χ0n) is 8.29. The highest BCUT2D eigenvalue weighted by Gasteiger charge is 2.20. The molecule has 0 amide bonds. The van der Waals surface area contributed by atoms with Crippen molar-refractivity contribution in [1.82, 2.24) is 15.3 Å². The van der Waals surface area contributed by atoms with Crippen LogP contribution in [-0.2, 0) is 0 Å². The van der Waals surface area contributed by atoms with Gasteiger partial charge in [-0.15, -0.1) is 0 Å². The Morgan fingerprint density at radius 3 is 2.23 bits per heavy atom. The van der Waals surface area contributed by atoms with Crippen LogP contribution in [-0.4, -0.2) is 35.2 Å². The molecule has 1 saturated carbocycles. The van der Waals surface area contributed by atoms with Crippen molar-refractivity contribution in [3.05, 3.63) is 0 Å². The van der Waals surface area contributed by atoms with Crippen molar-refractivity contribution in [2.75, 3.05) is 13.3 Å². The van der Waals surface area contributed by atoms with Crippen LogP contribution in [0.4, 0.5) is 0 Å². The van der Waals surface area contributed by atoms with Gasteiger partial charge in [-0.25, -0.2) is 5.43 Å². The fourth-order valence-electron chi connectivity index (χ4n) is 1.72. The molecule has 0 aromatic carbocycles. The lowest BCUT2D eigenvalue weighted by Gasteiger charge is -2.30. The van der Waals surface area contributed by atoms with Crippen LogP contribution in [0.25, 0.3) is 0 Å². The summed E-state index contributed by atoms with van der Waals surface area (Å²) >= 11 is 1.29. The van der Waals surface area contributed by atoms with Gasteiger partial charge in [0.2, 0.25) is 0 Å². The van der Waals surface area contributed by atoms with Crippen LogP contribution in [0, 0.1) is 0 Å². The summed E-state index contributed by atoms with van der Waals surface area (Å²) in [6.45, 7) is 0. The monoisotopic (exact) mass is 205 g/mol. The predicted octanol–water partition coefficient (Wildman–Crippen LogP) is 0.991. The molecule has 13 heavy (non-hydrogen) atoms. The molecule has 0 heterocycles. The molecule has 1 fully saturated rings. The molecule has 0 aromatic heterocycles. The van der Waals surface area contributed by atoms with E-state index in [2.05, 4.69) is 10.7 Å². The maximum atomic E-state index is 9.20. The zero-order chi connectivity index (χ0) is 9.68. The van der Waals surface area contributed by atoms with Crippen LogP contribution in [0.1, 0.15) is 25.7 Å². The molecule has 5 heteroatoms. The first-order valence-corrected chi connectivity index (χ1v) is 5.91. The average Bonchev–Trinajstić information content (AvgIpc) is 2.19. The second-order valence-corrected chi connectivity index (χ2v) is 4.13. The van der Waals surface area contributed by atoms with Crippen molar-refractivity contribution in [3.8, 4) is 0 Å². The van der Waals surface area contributed by atoms with Gasteiger partial charge < -0.3 is 5.32 Å². The largest absolute Gasteiger partial charge is 0.317 e. The van der Waals surface area contributed by atoms with Gasteiger partial charge in [0.1, 0.15) is 0 Å². The van der Waals surface area contributed by atoms with Crippen molar-refractivity contribution in [2.24, 2.45) is 0 Å². The molecule has 1 aliphatic rings. The minimum atomic E-state index is 0.432. The van der Waals surface area contributed by atoms with Gasteiger partial charge in [0.25, 0.3) is 0 Å². The number of nitrogens with zero attached hydrogens (tertiary/aromatic N) is 1. The molecule has 1 aliphatic carbocycles. The minimum Gasteiger partial charge on any atom is -0.317 e. The van der Waals surface area contributed by atoms with E-state index in [4.69, 9.17) is 0 Å². The summed E-state index contributed by atoms with van der Waals surface area (Å²) in [5, 5.41) is 12.5. The van der Waals surface area contributed by atoms with Crippen molar-refractivity contribution in [3.63, 3.8) is 0 Å². The molecule has 1 rings (SSSR count). The first kappa shape index (κ1) is 11.3. The third-order valence-corrected chi connectivity index (χ3v) is 3.05. The normalized spacial score (nSPS) is 29.5. The molecule has 0 aliphatic heterocycles. The fraction of sp³-hybridized carbons (Fsp3) is 1.00. The summed E-state index contributed by atoms with van der Waals surface area (Å²) in [6, 6.07) is 1.10. The minimum absolute atomic E-state index is 0.432. The van der Waals surface area contributed by atoms with E-state index >= 15 is 0 Å². The smallest absolute Gasteiger partial charge is 0.0247 e. The quantitative estimate of drug-likeness (QED) is 0.472. The van der Waals surface area contributed by atoms with E-state index in [0.717, 1.165) is 17.4 Å². The Morgan fingerprint density at radius 1 is 1.23 bits per heavy atom. The average molecular weight is 205 g/mol. The maximum Gasteiger partial charge on any atom is 0.0247 e. The number of rotatable bonds is 4. The second-order valence-electron chi connectivity index (χ2n) is 3.42. The van der Waals surface area contributed by atoms with Gasteiger partial charge in [0.15, 0.2) is 0 Å². The van der Waals surface area contributed by atoms with E-state index in [-0.39, 0.29) is 0 Å². The molecule has 4 nitrogen and oxygen atoms in total. The van der Waals surface area contributed by atoms with E-state index in [0.29, 0.717) is 12.1 Å². The van der Waals surface area contributed by atoms with Gasteiger partial charge in [-0.1, -0.05) is 4.58 Å². The van der Waals surface area contributed by atoms with Crippen LogP contribution in [0.3, 0.4) is 0 Å². The molecule has 0 aromatic rings. The molecular weight excluding hydrogens is 186 g/mol. The zero-order valence-corrected chi connectivity index (χ0v) is 9.10. The van der Waals surface area contributed by atoms with Gasteiger partial charge in [-0.05, 0) is 44.7 Å². The van der Waals surface area contributed by atoms with Crippen LogP contribution in [0.2, 0.25) is 0 Å². The topological polar surface area (TPSA) is 47.5 Å². The van der Waals surface area contributed by atoms with Crippen LogP contribution in [0.5, 0.6) is 0 Å². The van der Waals surface area contributed by atoms with Crippen molar-refractivity contribution >= 4 is 11.9 Å². The van der Waals surface area contributed by atoms with Crippen LogP contribution < -0.4 is 10.7 Å². The van der Waals surface area contributed by atoms with E-state index in [1.165, 1.54) is 24.8 Å². The maximum absolute atomic E-state index is 9.20. The molecule has 0 spiro atoms. The van der Waals surface area contributed by atoms with Gasteiger partial charge in [-0.3, -0.25) is 5.21 Å². The summed E-state index contributed by atoms with van der Waals surface area (Å²) in [5.41, 5.74) is 3.04. The van der Waals surface area contributed by atoms with Crippen LogP contribution in [0.15, 0.2) is 0 Å². The highest BCUT2D eigenvalue weighted by atomic mass is 32.2. The molecule has 0 atom stereocenters. The Balaban J connectivity index is 2.17. The Bertz CT molecular complexity index is 139. The Labute approximate surface area is 84.1 Å². The first-order chi connectivity index (χ1) is 6.26. The molecular formula is C8H19N3OS. The fourth-order valence-corrected chi connectivity index (χ4v) is 1.97. The van der Waals surface area contributed by atoms with Gasteiger partial charge in [-0.2, -0.15) is 0 Å². The van der Waals surface area contributed by atoms with Gasteiger partial charge in [0.05, 0.1) is 0 Å². The Kier molecular flexibility index (Phi) is 5.05. The third-order valence-electron chi connectivity index (χ3n) is 2.60. The van der Waals surface area contributed by atoms with E-state index < -0.39 is 0 Å². The lowest BCUT2D eigenvalue weighted by Crippen LogP contribution is -2.43. The number of hydrazine groups is 1.